The molecule has 19 heavy (non-hydrogen) atoms. The maximum absolute atomic E-state index is 11.6. The first kappa shape index (κ1) is 12.8. The van der Waals surface area contributed by atoms with E-state index in [-0.39, 0.29) is 31.0 Å². The van der Waals surface area contributed by atoms with Gasteiger partial charge in [0, 0.05) is 18.4 Å². The van der Waals surface area contributed by atoms with Crippen LogP contribution in [-0.4, -0.2) is 34.2 Å². The fourth-order valence-corrected chi connectivity index (χ4v) is 1.62. The molecule has 1 aromatic rings. The number of rotatable bonds is 2. The summed E-state index contributed by atoms with van der Waals surface area (Å²) in [5.41, 5.74) is 0.843. The molecule has 5 nitrogen and oxygen atoms in total. The third-order valence-electron chi connectivity index (χ3n) is 2.59. The maximum atomic E-state index is 11.6. The minimum absolute atomic E-state index is 0.00103. The van der Waals surface area contributed by atoms with Gasteiger partial charge in [-0.1, -0.05) is 30.0 Å². The Kier molecular flexibility index (Phi) is 3.94. The summed E-state index contributed by atoms with van der Waals surface area (Å²) in [5, 5.41) is 13.7. The molecule has 1 amide bonds. The molecule has 1 heterocycles. The largest absolute Gasteiger partial charge is 0.477 e. The number of hydrazone groups is 1. The molecular formula is C14H12N2O3. The van der Waals surface area contributed by atoms with E-state index in [1.165, 1.54) is 0 Å². The molecule has 0 spiro atoms. The van der Waals surface area contributed by atoms with Crippen LogP contribution in [0.3, 0.4) is 0 Å². The van der Waals surface area contributed by atoms with E-state index < -0.39 is 5.97 Å². The predicted octanol–water partition coefficient (Wildman–Crippen LogP) is 1.10. The van der Waals surface area contributed by atoms with E-state index in [1.807, 2.05) is 30.3 Å². The summed E-state index contributed by atoms with van der Waals surface area (Å²) >= 11 is 0. The lowest BCUT2D eigenvalue weighted by molar-refractivity contribution is -0.132. The Bertz CT molecular complexity index is 582. The van der Waals surface area contributed by atoms with Gasteiger partial charge in [-0.25, -0.2) is 9.80 Å². The number of hydrogen-bond donors (Lipinski definition) is 1. The molecule has 0 aliphatic carbocycles. The van der Waals surface area contributed by atoms with E-state index in [0.29, 0.717) is 0 Å². The molecule has 1 aromatic carbocycles. The zero-order chi connectivity index (χ0) is 13.7. The number of hydrogen-bond acceptors (Lipinski definition) is 3. The number of carbonyl (C=O) groups is 2. The standard InChI is InChI=1S/C14H12N2O3/c17-13-9-8-12(14(18)19)15-16(13)10-4-7-11-5-2-1-3-6-11/h1-3,5-6H,8-10H2,(H,18,19). The number of carbonyl (C=O) groups excluding carboxylic acids is 1. The van der Waals surface area contributed by atoms with Crippen LogP contribution in [0.15, 0.2) is 35.4 Å². The number of amides is 1. The van der Waals surface area contributed by atoms with Crippen LogP contribution in [-0.2, 0) is 9.59 Å². The van der Waals surface area contributed by atoms with E-state index in [1.54, 1.807) is 0 Å². The molecule has 1 aliphatic heterocycles. The SMILES string of the molecule is O=C(O)C1=NN(CC#Cc2ccccc2)C(=O)CC1. The van der Waals surface area contributed by atoms with Crippen molar-refractivity contribution in [2.75, 3.05) is 6.54 Å². The maximum Gasteiger partial charge on any atom is 0.352 e. The highest BCUT2D eigenvalue weighted by Crippen LogP contribution is 2.08. The van der Waals surface area contributed by atoms with Gasteiger partial charge in [0.2, 0.25) is 5.91 Å². The first-order chi connectivity index (χ1) is 9.16. The molecule has 0 unspecified atom stereocenters. The van der Waals surface area contributed by atoms with E-state index in [0.717, 1.165) is 10.6 Å². The quantitative estimate of drug-likeness (QED) is 0.805. The van der Waals surface area contributed by atoms with Crippen LogP contribution >= 0.6 is 0 Å². The average molecular weight is 256 g/mol. The molecular weight excluding hydrogens is 244 g/mol. The molecule has 0 saturated heterocycles. The molecule has 2 rings (SSSR count). The summed E-state index contributed by atoms with van der Waals surface area (Å²) in [7, 11) is 0. The van der Waals surface area contributed by atoms with Gasteiger partial charge in [0.25, 0.3) is 0 Å². The van der Waals surface area contributed by atoms with Crippen LogP contribution in [0.25, 0.3) is 0 Å². The number of carboxylic acids is 1. The van der Waals surface area contributed by atoms with E-state index in [2.05, 4.69) is 16.9 Å². The number of carboxylic acid groups (broad SMARTS) is 1. The van der Waals surface area contributed by atoms with Gasteiger partial charge in [-0.3, -0.25) is 4.79 Å². The van der Waals surface area contributed by atoms with Crippen LogP contribution in [0, 0.1) is 11.8 Å². The Balaban J connectivity index is 2.06. The highest BCUT2D eigenvalue weighted by molar-refractivity contribution is 6.36. The van der Waals surface area contributed by atoms with Crippen molar-refractivity contribution in [1.82, 2.24) is 5.01 Å². The van der Waals surface area contributed by atoms with Gasteiger partial charge in [-0.2, -0.15) is 5.10 Å². The predicted molar refractivity (Wildman–Crippen MR) is 69.3 cm³/mol. The topological polar surface area (TPSA) is 70.0 Å². The summed E-state index contributed by atoms with van der Waals surface area (Å²) in [5.74, 6) is 4.42. The molecule has 0 radical (unpaired) electrons. The Morgan fingerprint density at radius 3 is 2.74 bits per heavy atom. The second-order valence-electron chi connectivity index (χ2n) is 3.97. The lowest BCUT2D eigenvalue weighted by Crippen LogP contribution is -2.34. The van der Waals surface area contributed by atoms with Crippen molar-refractivity contribution < 1.29 is 14.7 Å². The average Bonchev–Trinajstić information content (AvgIpc) is 2.42. The van der Waals surface area contributed by atoms with Crippen LogP contribution in [0.4, 0.5) is 0 Å². The lowest BCUT2D eigenvalue weighted by atomic mass is 10.1. The Morgan fingerprint density at radius 2 is 2.05 bits per heavy atom. The molecule has 1 N–H and O–H groups in total. The summed E-state index contributed by atoms with van der Waals surface area (Å²) in [6.45, 7) is 0.102. The molecule has 1 aliphatic rings. The summed E-state index contributed by atoms with van der Waals surface area (Å²) in [4.78, 5) is 22.4. The zero-order valence-corrected chi connectivity index (χ0v) is 10.2. The lowest BCUT2D eigenvalue weighted by Gasteiger charge is -2.19. The summed E-state index contributed by atoms with van der Waals surface area (Å²) in [6.07, 6.45) is 0.342. The minimum Gasteiger partial charge on any atom is -0.477 e. The van der Waals surface area contributed by atoms with Gasteiger partial charge in [0.15, 0.2) is 0 Å². The normalized spacial score (nSPS) is 14.4. The third kappa shape index (κ3) is 3.42. The molecule has 96 valence electrons. The van der Waals surface area contributed by atoms with Crippen LogP contribution in [0.1, 0.15) is 18.4 Å². The highest BCUT2D eigenvalue weighted by Gasteiger charge is 2.23. The smallest absolute Gasteiger partial charge is 0.352 e. The number of nitrogens with zero attached hydrogens (tertiary/aromatic N) is 2. The molecule has 0 bridgehead atoms. The minimum atomic E-state index is -1.09. The molecule has 0 saturated carbocycles. The second-order valence-corrected chi connectivity index (χ2v) is 3.97. The van der Waals surface area contributed by atoms with Crippen molar-refractivity contribution in [3.8, 4) is 11.8 Å². The van der Waals surface area contributed by atoms with Gasteiger partial charge >= 0.3 is 5.97 Å². The van der Waals surface area contributed by atoms with Crippen molar-refractivity contribution in [3.63, 3.8) is 0 Å². The van der Waals surface area contributed by atoms with E-state index >= 15 is 0 Å². The fourth-order valence-electron chi connectivity index (χ4n) is 1.62. The molecule has 5 heteroatoms. The molecule has 0 atom stereocenters. The Hall–Kier alpha value is -2.61. The van der Waals surface area contributed by atoms with Gasteiger partial charge in [-0.15, -0.1) is 0 Å². The summed E-state index contributed by atoms with van der Waals surface area (Å²) in [6, 6.07) is 9.35. The van der Waals surface area contributed by atoms with Crippen LogP contribution < -0.4 is 0 Å². The molecule has 0 fully saturated rings. The first-order valence-corrected chi connectivity index (χ1v) is 5.82. The fraction of sp³-hybridized carbons (Fsp3) is 0.214. The number of benzene rings is 1. The van der Waals surface area contributed by atoms with Crippen molar-refractivity contribution >= 4 is 17.6 Å². The summed E-state index contributed by atoms with van der Waals surface area (Å²) < 4.78 is 0. The van der Waals surface area contributed by atoms with Crippen molar-refractivity contribution in [2.24, 2.45) is 5.10 Å². The van der Waals surface area contributed by atoms with Gasteiger partial charge in [-0.05, 0) is 12.1 Å². The van der Waals surface area contributed by atoms with Crippen LogP contribution in [0.2, 0.25) is 0 Å². The Labute approximate surface area is 110 Å². The zero-order valence-electron chi connectivity index (χ0n) is 10.2. The second kappa shape index (κ2) is 5.83. The number of aliphatic carboxylic acids is 1. The Morgan fingerprint density at radius 1 is 1.32 bits per heavy atom. The van der Waals surface area contributed by atoms with Gasteiger partial charge < -0.3 is 5.11 Å². The first-order valence-electron chi connectivity index (χ1n) is 5.82. The van der Waals surface area contributed by atoms with Gasteiger partial charge in [0.1, 0.15) is 12.3 Å². The van der Waals surface area contributed by atoms with E-state index in [4.69, 9.17) is 5.11 Å². The van der Waals surface area contributed by atoms with E-state index in [9.17, 15) is 9.59 Å². The molecule has 0 aromatic heterocycles. The van der Waals surface area contributed by atoms with Crippen molar-refractivity contribution in [3.05, 3.63) is 35.9 Å². The van der Waals surface area contributed by atoms with Crippen molar-refractivity contribution in [1.29, 1.82) is 0 Å². The highest BCUT2D eigenvalue weighted by atomic mass is 16.4. The third-order valence-corrected chi connectivity index (χ3v) is 2.59. The monoisotopic (exact) mass is 256 g/mol. The van der Waals surface area contributed by atoms with Crippen molar-refractivity contribution in [2.45, 2.75) is 12.8 Å². The van der Waals surface area contributed by atoms with Crippen LogP contribution in [0.5, 0.6) is 0 Å². The van der Waals surface area contributed by atoms with Gasteiger partial charge in [0.05, 0.1) is 0 Å².